The Morgan fingerprint density at radius 1 is 1.33 bits per heavy atom. The molecule has 0 saturated carbocycles. The van der Waals surface area contributed by atoms with E-state index in [-0.39, 0.29) is 18.0 Å². The lowest BCUT2D eigenvalue weighted by atomic mass is 10.0. The molecule has 0 bridgehead atoms. The molecule has 0 aliphatic carbocycles. The molecular weight excluding hydrogens is 248 g/mol. The minimum Gasteiger partial charge on any atom is -0.349 e. The van der Waals surface area contributed by atoms with E-state index in [1.165, 1.54) is 0 Å². The van der Waals surface area contributed by atoms with Crippen LogP contribution in [0.3, 0.4) is 0 Å². The Labute approximate surface area is 114 Å². The first-order valence-corrected chi connectivity index (χ1v) is 6.59. The molecule has 0 saturated heterocycles. The molecule has 18 heavy (non-hydrogen) atoms. The van der Waals surface area contributed by atoms with E-state index in [1.807, 2.05) is 45.0 Å². The van der Waals surface area contributed by atoms with Gasteiger partial charge in [-0.15, -0.1) is 0 Å². The summed E-state index contributed by atoms with van der Waals surface area (Å²) in [6.45, 7) is 5.94. The van der Waals surface area contributed by atoms with Crippen LogP contribution in [0.5, 0.6) is 0 Å². The van der Waals surface area contributed by atoms with Crippen LogP contribution in [-0.2, 0) is 4.79 Å². The third-order valence-corrected chi connectivity index (χ3v) is 3.37. The Bertz CT molecular complexity index is 407. The molecule has 1 rings (SSSR count). The van der Waals surface area contributed by atoms with Gasteiger partial charge >= 0.3 is 0 Å². The van der Waals surface area contributed by atoms with Crippen LogP contribution in [0.15, 0.2) is 24.3 Å². The van der Waals surface area contributed by atoms with Gasteiger partial charge in [0.25, 0.3) is 0 Å². The van der Waals surface area contributed by atoms with Gasteiger partial charge in [0, 0.05) is 17.5 Å². The summed E-state index contributed by atoms with van der Waals surface area (Å²) in [6.07, 6.45) is 0.340. The monoisotopic (exact) mass is 268 g/mol. The van der Waals surface area contributed by atoms with Gasteiger partial charge in [-0.1, -0.05) is 43.6 Å². The van der Waals surface area contributed by atoms with Crippen molar-refractivity contribution in [2.75, 3.05) is 0 Å². The lowest BCUT2D eigenvalue weighted by Crippen LogP contribution is -2.35. The number of hydrogen-bond donors (Lipinski definition) is 2. The van der Waals surface area contributed by atoms with Gasteiger partial charge in [-0.3, -0.25) is 4.79 Å². The lowest BCUT2D eigenvalue weighted by molar-refractivity contribution is -0.122. The summed E-state index contributed by atoms with van der Waals surface area (Å²) in [7, 11) is 0. The molecule has 3 N–H and O–H groups in total. The van der Waals surface area contributed by atoms with Crippen LogP contribution in [0.1, 0.15) is 38.8 Å². The molecule has 1 unspecified atom stereocenters. The first kappa shape index (κ1) is 15.0. The van der Waals surface area contributed by atoms with Crippen molar-refractivity contribution in [1.82, 2.24) is 5.32 Å². The molecule has 0 aromatic heterocycles. The van der Waals surface area contributed by atoms with E-state index in [4.69, 9.17) is 17.3 Å². The largest absolute Gasteiger partial charge is 0.349 e. The van der Waals surface area contributed by atoms with Gasteiger partial charge in [0.2, 0.25) is 5.91 Å². The Morgan fingerprint density at radius 2 is 1.94 bits per heavy atom. The van der Waals surface area contributed by atoms with Gasteiger partial charge < -0.3 is 11.1 Å². The van der Waals surface area contributed by atoms with Crippen molar-refractivity contribution in [2.45, 2.75) is 39.3 Å². The summed E-state index contributed by atoms with van der Waals surface area (Å²) in [4.78, 5) is 11.8. The average Bonchev–Trinajstić information content (AvgIpc) is 2.28. The van der Waals surface area contributed by atoms with Crippen LogP contribution in [0.2, 0.25) is 5.02 Å². The maximum absolute atomic E-state index is 11.8. The number of nitrogens with one attached hydrogen (secondary N) is 1. The van der Waals surface area contributed by atoms with E-state index in [9.17, 15) is 4.79 Å². The molecule has 100 valence electrons. The maximum atomic E-state index is 11.8. The zero-order chi connectivity index (χ0) is 13.7. The predicted octanol–water partition coefficient (Wildman–Crippen LogP) is 2.89. The molecule has 0 heterocycles. The van der Waals surface area contributed by atoms with Crippen LogP contribution in [0.4, 0.5) is 0 Å². The Kier molecular flexibility index (Phi) is 5.63. The van der Waals surface area contributed by atoms with Crippen molar-refractivity contribution in [2.24, 2.45) is 11.7 Å². The van der Waals surface area contributed by atoms with Gasteiger partial charge in [-0.25, -0.2) is 0 Å². The van der Waals surface area contributed by atoms with Gasteiger partial charge in [-0.05, 0) is 24.5 Å². The summed E-state index contributed by atoms with van der Waals surface area (Å²) < 4.78 is 0. The third kappa shape index (κ3) is 4.31. The molecule has 0 spiro atoms. The number of rotatable bonds is 5. The molecule has 4 heteroatoms. The SMILES string of the molecule is CC(C)C(N)CC(=O)N[C@@H](C)c1ccccc1Cl. The van der Waals surface area contributed by atoms with Crippen LogP contribution in [0, 0.1) is 5.92 Å². The highest BCUT2D eigenvalue weighted by Crippen LogP contribution is 2.22. The molecule has 3 nitrogen and oxygen atoms in total. The number of benzene rings is 1. The van der Waals surface area contributed by atoms with Crippen molar-refractivity contribution in [3.63, 3.8) is 0 Å². The van der Waals surface area contributed by atoms with Crippen molar-refractivity contribution in [3.05, 3.63) is 34.9 Å². The number of carbonyl (C=O) groups excluding carboxylic acids is 1. The fraction of sp³-hybridized carbons (Fsp3) is 0.500. The minimum absolute atomic E-state index is 0.0383. The predicted molar refractivity (Wildman–Crippen MR) is 75.4 cm³/mol. The zero-order valence-corrected chi connectivity index (χ0v) is 11.9. The second kappa shape index (κ2) is 6.76. The normalized spacial score (nSPS) is 14.3. The Hall–Kier alpha value is -1.06. The Morgan fingerprint density at radius 3 is 2.50 bits per heavy atom. The maximum Gasteiger partial charge on any atom is 0.222 e. The molecule has 0 fully saturated rings. The molecule has 1 aromatic rings. The number of halogens is 1. The van der Waals surface area contributed by atoms with Gasteiger partial charge in [-0.2, -0.15) is 0 Å². The number of amides is 1. The van der Waals surface area contributed by atoms with Crippen LogP contribution >= 0.6 is 11.6 Å². The fourth-order valence-electron chi connectivity index (χ4n) is 1.65. The molecule has 0 radical (unpaired) electrons. The summed E-state index contributed by atoms with van der Waals surface area (Å²) >= 11 is 6.08. The first-order chi connectivity index (χ1) is 8.41. The quantitative estimate of drug-likeness (QED) is 0.863. The lowest BCUT2D eigenvalue weighted by Gasteiger charge is -2.19. The van der Waals surface area contributed by atoms with Gasteiger partial charge in [0.1, 0.15) is 0 Å². The molecule has 0 aliphatic heterocycles. The van der Waals surface area contributed by atoms with E-state index in [1.54, 1.807) is 0 Å². The van der Waals surface area contributed by atoms with Crippen molar-refractivity contribution >= 4 is 17.5 Å². The average molecular weight is 269 g/mol. The highest BCUT2D eigenvalue weighted by Gasteiger charge is 2.16. The fourth-order valence-corrected chi connectivity index (χ4v) is 1.95. The highest BCUT2D eigenvalue weighted by atomic mass is 35.5. The summed E-state index contributed by atoms with van der Waals surface area (Å²) in [5.41, 5.74) is 6.80. The molecule has 0 aliphatic rings. The summed E-state index contributed by atoms with van der Waals surface area (Å²) in [6, 6.07) is 7.29. The number of hydrogen-bond acceptors (Lipinski definition) is 2. The summed E-state index contributed by atoms with van der Waals surface area (Å²) in [5.74, 6) is 0.259. The standard InChI is InChI=1S/C14H21ClN2O/c1-9(2)13(16)8-14(18)17-10(3)11-6-4-5-7-12(11)15/h4-7,9-10,13H,8,16H2,1-3H3,(H,17,18)/t10-,13?/m0/s1. The second-order valence-electron chi connectivity index (χ2n) is 4.92. The van der Waals surface area contributed by atoms with E-state index in [0.717, 1.165) is 5.56 Å². The van der Waals surface area contributed by atoms with E-state index < -0.39 is 0 Å². The Balaban J connectivity index is 2.58. The van der Waals surface area contributed by atoms with E-state index in [2.05, 4.69) is 5.32 Å². The number of carbonyl (C=O) groups is 1. The van der Waals surface area contributed by atoms with E-state index in [0.29, 0.717) is 17.4 Å². The second-order valence-corrected chi connectivity index (χ2v) is 5.33. The molecule has 2 atom stereocenters. The highest BCUT2D eigenvalue weighted by molar-refractivity contribution is 6.31. The van der Waals surface area contributed by atoms with Gasteiger partial charge in [0.05, 0.1) is 6.04 Å². The van der Waals surface area contributed by atoms with E-state index >= 15 is 0 Å². The van der Waals surface area contributed by atoms with Crippen molar-refractivity contribution in [1.29, 1.82) is 0 Å². The zero-order valence-electron chi connectivity index (χ0n) is 11.1. The molecule has 1 amide bonds. The molecular formula is C14H21ClN2O. The van der Waals surface area contributed by atoms with Crippen LogP contribution < -0.4 is 11.1 Å². The first-order valence-electron chi connectivity index (χ1n) is 6.21. The van der Waals surface area contributed by atoms with Gasteiger partial charge in [0.15, 0.2) is 0 Å². The third-order valence-electron chi connectivity index (χ3n) is 3.03. The molecule has 1 aromatic carbocycles. The summed E-state index contributed by atoms with van der Waals surface area (Å²) in [5, 5.41) is 3.58. The van der Waals surface area contributed by atoms with Crippen LogP contribution in [0.25, 0.3) is 0 Å². The van der Waals surface area contributed by atoms with Crippen molar-refractivity contribution < 1.29 is 4.79 Å². The van der Waals surface area contributed by atoms with Crippen molar-refractivity contribution in [3.8, 4) is 0 Å². The smallest absolute Gasteiger partial charge is 0.222 e. The topological polar surface area (TPSA) is 55.1 Å². The minimum atomic E-state index is -0.108. The van der Waals surface area contributed by atoms with Crippen LogP contribution in [-0.4, -0.2) is 11.9 Å². The number of nitrogens with two attached hydrogens (primary N) is 1.